The van der Waals surface area contributed by atoms with Gasteiger partial charge in [-0.1, -0.05) is 58.4 Å². The molecule has 0 saturated heterocycles. The van der Waals surface area contributed by atoms with Crippen molar-refractivity contribution in [1.82, 2.24) is 4.98 Å². The van der Waals surface area contributed by atoms with E-state index >= 15 is 0 Å². The largest absolute Gasteiger partial charge is 0.372 e. The predicted octanol–water partition coefficient (Wildman–Crippen LogP) is 5.14. The molecule has 6 heteroatoms. The molecule has 4 nitrogen and oxygen atoms in total. The van der Waals surface area contributed by atoms with Gasteiger partial charge >= 0.3 is 0 Å². The van der Waals surface area contributed by atoms with Crippen molar-refractivity contribution in [2.24, 2.45) is 0 Å². The summed E-state index contributed by atoms with van der Waals surface area (Å²) in [6.45, 7) is 2.21. The third-order valence-electron chi connectivity index (χ3n) is 4.01. The van der Waals surface area contributed by atoms with Gasteiger partial charge in [-0.05, 0) is 24.6 Å². The van der Waals surface area contributed by atoms with Crippen molar-refractivity contribution < 1.29 is 9.53 Å². The minimum atomic E-state index is -0.529. The molecule has 0 N–H and O–H groups in total. The van der Waals surface area contributed by atoms with Gasteiger partial charge in [0.15, 0.2) is 5.13 Å². The van der Waals surface area contributed by atoms with E-state index in [0.29, 0.717) is 11.7 Å². The highest BCUT2D eigenvalue weighted by atomic mass is 79.9. The molecule has 2 aromatic carbocycles. The molecule has 3 aromatic rings. The van der Waals surface area contributed by atoms with Crippen molar-refractivity contribution in [3.05, 3.63) is 70.0 Å². The molecule has 1 atom stereocenters. The lowest BCUT2D eigenvalue weighted by molar-refractivity contribution is -0.127. The van der Waals surface area contributed by atoms with Crippen molar-refractivity contribution in [1.29, 1.82) is 0 Å². The summed E-state index contributed by atoms with van der Waals surface area (Å²) in [6.07, 6.45) is -0.529. The van der Waals surface area contributed by atoms with E-state index in [1.165, 1.54) is 11.3 Å². The van der Waals surface area contributed by atoms with Gasteiger partial charge in [0.25, 0.3) is 5.91 Å². The Kier molecular flexibility index (Phi) is 6.19. The molecule has 0 fully saturated rings. The van der Waals surface area contributed by atoms with Gasteiger partial charge in [0.2, 0.25) is 0 Å². The van der Waals surface area contributed by atoms with Gasteiger partial charge < -0.3 is 4.74 Å². The first-order chi connectivity index (χ1) is 12.6. The zero-order valence-corrected chi connectivity index (χ0v) is 17.0. The number of benzene rings is 2. The topological polar surface area (TPSA) is 42.4 Å². The fourth-order valence-electron chi connectivity index (χ4n) is 2.47. The number of aromatic nitrogens is 1. The van der Waals surface area contributed by atoms with Gasteiger partial charge in [0.1, 0.15) is 6.10 Å². The number of hydrogen-bond acceptors (Lipinski definition) is 4. The lowest BCUT2D eigenvalue weighted by Gasteiger charge is -2.23. The third kappa shape index (κ3) is 4.38. The van der Waals surface area contributed by atoms with Crippen LogP contribution < -0.4 is 4.90 Å². The second-order valence-electron chi connectivity index (χ2n) is 5.81. The fraction of sp³-hybridized carbons (Fsp3) is 0.200. The number of methoxy groups -OCH3 is 1. The van der Waals surface area contributed by atoms with E-state index in [1.807, 2.05) is 60.0 Å². The van der Waals surface area contributed by atoms with Crippen molar-refractivity contribution >= 4 is 38.3 Å². The highest BCUT2D eigenvalue weighted by Gasteiger charge is 2.24. The van der Waals surface area contributed by atoms with Gasteiger partial charge in [0, 0.05) is 22.5 Å². The predicted molar refractivity (Wildman–Crippen MR) is 109 cm³/mol. The monoisotopic (exact) mass is 430 g/mol. The van der Waals surface area contributed by atoms with Crippen LogP contribution in [0.2, 0.25) is 0 Å². The zero-order valence-electron chi connectivity index (χ0n) is 14.6. The van der Waals surface area contributed by atoms with E-state index in [-0.39, 0.29) is 5.91 Å². The Bertz CT molecular complexity index is 865. The lowest BCUT2D eigenvalue weighted by Crippen LogP contribution is -2.38. The number of rotatable bonds is 6. The molecule has 0 bridgehead atoms. The van der Waals surface area contributed by atoms with E-state index in [0.717, 1.165) is 21.3 Å². The lowest BCUT2D eigenvalue weighted by atomic mass is 10.2. The Morgan fingerprint density at radius 2 is 1.88 bits per heavy atom. The standard InChI is InChI=1S/C20H19BrN2O2S/c1-14(25-2)19(24)23(12-15-6-4-3-5-7-15)20-22-18(13-26-20)16-8-10-17(21)11-9-16/h3-11,13-14H,12H2,1-2H3. The van der Waals surface area contributed by atoms with Crippen LogP contribution in [0.5, 0.6) is 0 Å². The summed E-state index contributed by atoms with van der Waals surface area (Å²) in [7, 11) is 1.54. The maximum Gasteiger partial charge on any atom is 0.257 e. The minimum Gasteiger partial charge on any atom is -0.372 e. The van der Waals surface area contributed by atoms with E-state index in [1.54, 1.807) is 18.9 Å². The van der Waals surface area contributed by atoms with Crippen molar-refractivity contribution in [2.45, 2.75) is 19.6 Å². The van der Waals surface area contributed by atoms with Crippen LogP contribution in [0.1, 0.15) is 12.5 Å². The Balaban J connectivity index is 1.91. The van der Waals surface area contributed by atoms with E-state index in [9.17, 15) is 4.79 Å². The number of carbonyl (C=O) groups excluding carboxylic acids is 1. The summed E-state index contributed by atoms with van der Waals surface area (Å²) in [5, 5.41) is 2.64. The summed E-state index contributed by atoms with van der Waals surface area (Å²) in [5.74, 6) is -0.104. The van der Waals surface area contributed by atoms with Gasteiger partial charge in [-0.3, -0.25) is 9.69 Å². The van der Waals surface area contributed by atoms with Crippen LogP contribution in [0.3, 0.4) is 0 Å². The first-order valence-electron chi connectivity index (χ1n) is 8.18. The summed E-state index contributed by atoms with van der Waals surface area (Å²) in [5.41, 5.74) is 2.92. The van der Waals surface area contributed by atoms with Crippen LogP contribution in [-0.4, -0.2) is 24.1 Å². The van der Waals surface area contributed by atoms with Crippen LogP contribution in [0.15, 0.2) is 64.5 Å². The van der Waals surface area contributed by atoms with Crippen molar-refractivity contribution in [3.63, 3.8) is 0 Å². The van der Waals surface area contributed by atoms with Crippen LogP contribution in [-0.2, 0) is 16.1 Å². The van der Waals surface area contributed by atoms with E-state index < -0.39 is 6.10 Å². The molecule has 0 saturated carbocycles. The molecule has 1 heterocycles. The Morgan fingerprint density at radius 1 is 1.19 bits per heavy atom. The normalized spacial score (nSPS) is 12.0. The summed E-state index contributed by atoms with van der Waals surface area (Å²) >= 11 is 4.90. The molecule has 0 spiro atoms. The highest BCUT2D eigenvalue weighted by Crippen LogP contribution is 2.29. The van der Waals surface area contributed by atoms with Gasteiger partial charge in [-0.2, -0.15) is 0 Å². The molecule has 0 aliphatic heterocycles. The molecule has 1 aromatic heterocycles. The number of carbonyl (C=O) groups is 1. The van der Waals surface area contributed by atoms with Crippen LogP contribution >= 0.6 is 27.3 Å². The molecule has 0 aliphatic rings. The van der Waals surface area contributed by atoms with Crippen molar-refractivity contribution in [3.8, 4) is 11.3 Å². The number of hydrogen-bond donors (Lipinski definition) is 0. The number of anilines is 1. The van der Waals surface area contributed by atoms with Crippen LogP contribution in [0.25, 0.3) is 11.3 Å². The summed E-state index contributed by atoms with van der Waals surface area (Å²) in [4.78, 5) is 19.2. The van der Waals surface area contributed by atoms with Crippen LogP contribution in [0, 0.1) is 0 Å². The van der Waals surface area contributed by atoms with E-state index in [4.69, 9.17) is 9.72 Å². The quantitative estimate of drug-likeness (QED) is 0.543. The van der Waals surface area contributed by atoms with Crippen LogP contribution in [0.4, 0.5) is 5.13 Å². The number of thiazole rings is 1. The first kappa shape index (κ1) is 18.8. The third-order valence-corrected chi connectivity index (χ3v) is 5.41. The highest BCUT2D eigenvalue weighted by molar-refractivity contribution is 9.10. The second kappa shape index (κ2) is 8.58. The minimum absolute atomic E-state index is 0.104. The average Bonchev–Trinajstić information content (AvgIpc) is 3.16. The second-order valence-corrected chi connectivity index (χ2v) is 7.56. The molecule has 26 heavy (non-hydrogen) atoms. The summed E-state index contributed by atoms with van der Waals surface area (Å²) in [6, 6.07) is 17.9. The molecule has 1 unspecified atom stereocenters. The van der Waals surface area contributed by atoms with Gasteiger partial charge in [-0.15, -0.1) is 11.3 Å². The molecular weight excluding hydrogens is 412 g/mol. The van der Waals surface area contributed by atoms with E-state index in [2.05, 4.69) is 15.9 Å². The number of halogens is 1. The number of nitrogens with zero attached hydrogens (tertiary/aromatic N) is 2. The molecule has 3 rings (SSSR count). The Morgan fingerprint density at radius 3 is 2.54 bits per heavy atom. The molecule has 1 amide bonds. The SMILES string of the molecule is COC(C)C(=O)N(Cc1ccccc1)c1nc(-c2ccc(Br)cc2)cs1. The zero-order chi connectivity index (χ0) is 18.5. The Labute approximate surface area is 165 Å². The van der Waals surface area contributed by atoms with Gasteiger partial charge in [0.05, 0.1) is 12.2 Å². The molecule has 0 radical (unpaired) electrons. The average molecular weight is 431 g/mol. The summed E-state index contributed by atoms with van der Waals surface area (Å²) < 4.78 is 6.26. The number of ether oxygens (including phenoxy) is 1. The molecule has 134 valence electrons. The Hall–Kier alpha value is -2.02. The first-order valence-corrected chi connectivity index (χ1v) is 9.85. The molecular formula is C20H19BrN2O2S. The fourth-order valence-corrected chi connectivity index (χ4v) is 3.57. The number of amides is 1. The maximum absolute atomic E-state index is 12.8. The smallest absolute Gasteiger partial charge is 0.257 e. The molecule has 0 aliphatic carbocycles. The maximum atomic E-state index is 12.8. The van der Waals surface area contributed by atoms with Gasteiger partial charge in [-0.25, -0.2) is 4.98 Å². The van der Waals surface area contributed by atoms with Crippen molar-refractivity contribution in [2.75, 3.05) is 12.0 Å².